The summed E-state index contributed by atoms with van der Waals surface area (Å²) in [5, 5.41) is 20.2. The molecule has 0 fully saturated rings. The second kappa shape index (κ2) is 16.2. The monoisotopic (exact) mass is 659 g/mol. The second-order valence-corrected chi connectivity index (χ2v) is 13.3. The fourth-order valence-corrected chi connectivity index (χ4v) is 5.40. The zero-order chi connectivity index (χ0) is 34.0. The average Bonchev–Trinajstić information content (AvgIpc) is 3.06. The first kappa shape index (κ1) is 35.1. The first-order valence-corrected chi connectivity index (χ1v) is 16.9. The first-order valence-electron chi connectivity index (χ1n) is 15.1. The number of aryl methyl sites for hydroxylation is 1. The third kappa shape index (κ3) is 10.4. The summed E-state index contributed by atoms with van der Waals surface area (Å²) < 4.78 is 31.1. The van der Waals surface area contributed by atoms with Gasteiger partial charge in [-0.25, -0.2) is 8.42 Å². The van der Waals surface area contributed by atoms with Crippen LogP contribution in [0.2, 0.25) is 0 Å². The molecule has 1 heterocycles. The van der Waals surface area contributed by atoms with Gasteiger partial charge in [-0.05, 0) is 66.9 Å². The number of hydrogen-bond donors (Lipinski definition) is 4. The smallest absolute Gasteiger partial charge is 0.251 e. The number of rotatable bonds is 15. The molecule has 12 heteroatoms. The molecule has 1 aromatic heterocycles. The van der Waals surface area contributed by atoms with Gasteiger partial charge in [0.05, 0.1) is 43.4 Å². The van der Waals surface area contributed by atoms with Gasteiger partial charge in [-0.1, -0.05) is 48.5 Å². The number of hydrogen-bond acceptors (Lipinski definition) is 8. The van der Waals surface area contributed by atoms with Crippen molar-refractivity contribution in [2.24, 2.45) is 0 Å². The summed E-state index contributed by atoms with van der Waals surface area (Å²) >= 11 is 0. The number of carbonyl (C=O) groups is 2. The lowest BCUT2D eigenvalue weighted by Gasteiger charge is -2.25. The summed E-state index contributed by atoms with van der Waals surface area (Å²) in [6.45, 7) is 2.63. The molecule has 248 valence electrons. The molecule has 0 bridgehead atoms. The number of pyridine rings is 1. The number of aromatic nitrogens is 1. The van der Waals surface area contributed by atoms with Crippen molar-refractivity contribution in [3.05, 3.63) is 125 Å². The molecule has 0 saturated carbocycles. The zero-order valence-corrected chi connectivity index (χ0v) is 27.8. The predicted molar refractivity (Wildman–Crippen MR) is 182 cm³/mol. The highest BCUT2D eigenvalue weighted by atomic mass is 32.2. The number of carbonyl (C=O) groups excluding carboxylic acids is 2. The van der Waals surface area contributed by atoms with Gasteiger partial charge in [0, 0.05) is 37.0 Å². The van der Waals surface area contributed by atoms with Gasteiger partial charge in [0.2, 0.25) is 10.0 Å². The summed E-state index contributed by atoms with van der Waals surface area (Å²) in [5.41, 5.74) is 3.62. The van der Waals surface area contributed by atoms with Crippen molar-refractivity contribution in [3.8, 4) is 5.75 Å². The van der Waals surface area contributed by atoms with Crippen LogP contribution >= 0.6 is 0 Å². The molecule has 2 amide bonds. The Morgan fingerprint density at radius 3 is 2.26 bits per heavy atom. The molecule has 0 spiro atoms. The van der Waals surface area contributed by atoms with Crippen molar-refractivity contribution in [1.29, 1.82) is 0 Å². The molecule has 47 heavy (non-hydrogen) atoms. The second-order valence-electron chi connectivity index (χ2n) is 11.3. The van der Waals surface area contributed by atoms with Crippen molar-refractivity contribution in [2.75, 3.05) is 31.3 Å². The van der Waals surface area contributed by atoms with E-state index >= 15 is 0 Å². The van der Waals surface area contributed by atoms with Crippen molar-refractivity contribution in [1.82, 2.24) is 20.9 Å². The highest BCUT2D eigenvalue weighted by Crippen LogP contribution is 2.22. The molecule has 0 aliphatic carbocycles. The minimum Gasteiger partial charge on any atom is -0.497 e. The SMILES string of the molecule is COc1cccc(CNC[C@@H](O)[C@H](Cc2ccccc2)NC(=O)c2cc(C(=O)NCc3cccc(C)n3)cc(N(C)S(C)(=O)=O)c2)c1. The van der Waals surface area contributed by atoms with Crippen LogP contribution in [0.5, 0.6) is 5.75 Å². The molecule has 0 unspecified atom stereocenters. The van der Waals surface area contributed by atoms with Crippen LogP contribution in [0, 0.1) is 6.92 Å². The summed E-state index contributed by atoms with van der Waals surface area (Å²) in [7, 11) is -0.766. The Hall–Kier alpha value is -4.78. The minimum absolute atomic E-state index is 0.0615. The number of amides is 2. The molecule has 11 nitrogen and oxygen atoms in total. The lowest BCUT2D eigenvalue weighted by atomic mass is 10.00. The molecule has 0 aliphatic heterocycles. The molecule has 0 radical (unpaired) electrons. The van der Waals surface area contributed by atoms with Crippen LogP contribution < -0.4 is 25.0 Å². The van der Waals surface area contributed by atoms with E-state index in [1.54, 1.807) is 13.2 Å². The van der Waals surface area contributed by atoms with Gasteiger partial charge in [0.25, 0.3) is 11.8 Å². The molecule has 4 N–H and O–H groups in total. The van der Waals surface area contributed by atoms with E-state index in [-0.39, 0.29) is 29.9 Å². The fourth-order valence-electron chi connectivity index (χ4n) is 4.91. The fraction of sp³-hybridized carbons (Fsp3) is 0.286. The summed E-state index contributed by atoms with van der Waals surface area (Å²) in [6, 6.07) is 26.0. The molecule has 0 saturated heterocycles. The molecule has 0 aliphatic rings. The van der Waals surface area contributed by atoms with Crippen molar-refractivity contribution >= 4 is 27.5 Å². The summed E-state index contributed by atoms with van der Waals surface area (Å²) in [5.74, 6) is -0.354. The molecule has 3 aromatic carbocycles. The highest BCUT2D eigenvalue weighted by Gasteiger charge is 2.24. The third-order valence-corrected chi connectivity index (χ3v) is 8.78. The van der Waals surface area contributed by atoms with Crippen molar-refractivity contribution in [3.63, 3.8) is 0 Å². The number of methoxy groups -OCH3 is 1. The minimum atomic E-state index is -3.71. The van der Waals surface area contributed by atoms with Crippen LogP contribution in [0.4, 0.5) is 5.69 Å². The lowest BCUT2D eigenvalue weighted by molar-refractivity contribution is 0.0830. The standard InChI is InChI=1S/C35H41N5O6S/c1-24-10-8-14-29(38-24)22-37-34(42)27-18-28(20-30(19-27)40(2)47(4,44)45)35(43)39-32(17-25-11-6-5-7-12-25)33(41)23-36-21-26-13-9-15-31(16-26)46-3/h5-16,18-20,32-33,36,41H,17,21-23H2,1-4H3,(H,37,42)(H,39,43)/t32-,33+/m0/s1. The number of ether oxygens (including phenoxy) is 1. The third-order valence-electron chi connectivity index (χ3n) is 7.58. The summed E-state index contributed by atoms with van der Waals surface area (Å²) in [4.78, 5) is 31.4. The Morgan fingerprint density at radius 1 is 0.894 bits per heavy atom. The Bertz CT molecular complexity index is 1780. The van der Waals surface area contributed by atoms with Crippen LogP contribution in [0.1, 0.15) is 43.2 Å². The van der Waals surface area contributed by atoms with Gasteiger partial charge in [-0.15, -0.1) is 0 Å². The van der Waals surface area contributed by atoms with E-state index in [2.05, 4.69) is 20.9 Å². The maximum absolute atomic E-state index is 13.8. The van der Waals surface area contributed by atoms with Gasteiger partial charge in [0.1, 0.15) is 5.75 Å². The average molecular weight is 660 g/mol. The highest BCUT2D eigenvalue weighted by molar-refractivity contribution is 7.92. The Labute approximate surface area is 276 Å². The van der Waals surface area contributed by atoms with Crippen LogP contribution in [-0.4, -0.2) is 69.4 Å². The lowest BCUT2D eigenvalue weighted by Crippen LogP contribution is -2.48. The van der Waals surface area contributed by atoms with Gasteiger partial charge < -0.3 is 25.8 Å². The van der Waals surface area contributed by atoms with E-state index in [9.17, 15) is 23.1 Å². The number of sulfonamides is 1. The Balaban J connectivity index is 1.56. The Kier molecular flexibility index (Phi) is 12.1. The number of nitrogens with zero attached hydrogens (tertiary/aromatic N) is 2. The quantitative estimate of drug-likeness (QED) is 0.152. The molecular weight excluding hydrogens is 618 g/mol. The normalized spacial score (nSPS) is 12.5. The van der Waals surface area contributed by atoms with E-state index in [0.29, 0.717) is 18.7 Å². The zero-order valence-electron chi connectivity index (χ0n) is 26.9. The molecule has 4 aromatic rings. The number of aliphatic hydroxyl groups excluding tert-OH is 1. The van der Waals surface area contributed by atoms with Crippen molar-refractivity contribution in [2.45, 2.75) is 38.6 Å². The van der Waals surface area contributed by atoms with Crippen LogP contribution in [0.25, 0.3) is 0 Å². The van der Waals surface area contributed by atoms with E-state index in [0.717, 1.165) is 33.1 Å². The molecule has 4 rings (SSSR count). The number of anilines is 1. The maximum Gasteiger partial charge on any atom is 0.251 e. The van der Waals surface area contributed by atoms with Crippen LogP contribution in [0.3, 0.4) is 0 Å². The van der Waals surface area contributed by atoms with Gasteiger partial charge in [0.15, 0.2) is 0 Å². The van der Waals surface area contributed by atoms with E-state index in [1.165, 1.54) is 25.2 Å². The number of benzene rings is 3. The topological polar surface area (TPSA) is 150 Å². The van der Waals surface area contributed by atoms with Gasteiger partial charge in [-0.3, -0.25) is 18.9 Å². The first-order chi connectivity index (χ1) is 22.4. The number of nitrogens with one attached hydrogen (secondary N) is 3. The van der Waals surface area contributed by atoms with E-state index < -0.39 is 34.0 Å². The van der Waals surface area contributed by atoms with Crippen LogP contribution in [0.15, 0.2) is 91.0 Å². The summed E-state index contributed by atoms with van der Waals surface area (Å²) in [6.07, 6.45) is 0.374. The van der Waals surface area contributed by atoms with Gasteiger partial charge in [-0.2, -0.15) is 0 Å². The van der Waals surface area contributed by atoms with E-state index in [4.69, 9.17) is 4.74 Å². The number of aliphatic hydroxyl groups is 1. The van der Waals surface area contributed by atoms with Gasteiger partial charge >= 0.3 is 0 Å². The largest absolute Gasteiger partial charge is 0.497 e. The van der Waals surface area contributed by atoms with Crippen molar-refractivity contribution < 1.29 is 27.9 Å². The predicted octanol–water partition coefficient (Wildman–Crippen LogP) is 3.22. The van der Waals surface area contributed by atoms with Crippen LogP contribution in [-0.2, 0) is 29.5 Å². The molecular formula is C35H41N5O6S. The maximum atomic E-state index is 13.8. The Morgan fingerprint density at radius 2 is 1.57 bits per heavy atom. The van der Waals surface area contributed by atoms with E-state index in [1.807, 2.05) is 73.7 Å². The molecule has 2 atom stereocenters.